The quantitative estimate of drug-likeness (QED) is 0.454. The zero-order valence-corrected chi connectivity index (χ0v) is 15.4. The van der Waals surface area contributed by atoms with E-state index in [0.717, 1.165) is 4.42 Å². The van der Waals surface area contributed by atoms with Crippen molar-refractivity contribution < 1.29 is 13.2 Å². The monoisotopic (exact) mass is 405 g/mol. The molecule has 25 heavy (non-hydrogen) atoms. The molecule has 8 nitrogen and oxygen atoms in total. The van der Waals surface area contributed by atoms with Crippen LogP contribution in [0, 0.1) is 5.41 Å². The molecule has 0 amide bonds. The third-order valence-electron chi connectivity index (χ3n) is 3.74. The van der Waals surface area contributed by atoms with Crippen LogP contribution in [0.5, 0.6) is 0 Å². The minimum atomic E-state index is -3.59. The predicted molar refractivity (Wildman–Crippen MR) is 98.8 cm³/mol. The summed E-state index contributed by atoms with van der Waals surface area (Å²) in [6.45, 7) is 1.44. The van der Waals surface area contributed by atoms with Crippen molar-refractivity contribution in [2.45, 2.75) is 4.90 Å². The number of aromatic nitrogens is 1. The van der Waals surface area contributed by atoms with Crippen molar-refractivity contribution in [1.29, 1.82) is 5.41 Å². The first-order chi connectivity index (χ1) is 11.4. The lowest BCUT2D eigenvalue weighted by molar-refractivity contribution is 0.0730. The van der Waals surface area contributed by atoms with Gasteiger partial charge in [-0.3, -0.25) is 10.4 Å². The van der Waals surface area contributed by atoms with Crippen LogP contribution in [-0.4, -0.2) is 50.0 Å². The predicted octanol–water partition coefficient (Wildman–Crippen LogP) is 1.53. The maximum absolute atomic E-state index is 12.7. The van der Waals surface area contributed by atoms with E-state index < -0.39 is 10.0 Å². The van der Waals surface area contributed by atoms with E-state index in [0.29, 0.717) is 42.8 Å². The van der Waals surface area contributed by atoms with Gasteiger partial charge in [-0.1, -0.05) is 6.07 Å². The number of sulfonamides is 1. The normalized spacial score (nSPS) is 15.6. The van der Waals surface area contributed by atoms with E-state index in [1.807, 2.05) is 0 Å². The van der Waals surface area contributed by atoms with E-state index in [4.69, 9.17) is 27.7 Å². The largest absolute Gasteiger partial charge is 0.379 e. The minimum Gasteiger partial charge on any atom is -0.379 e. The van der Waals surface area contributed by atoms with Crippen molar-refractivity contribution in [2.75, 3.05) is 30.7 Å². The highest BCUT2D eigenvalue weighted by Gasteiger charge is 2.26. The SMILES string of the molecule is Cl.N=C(N)N(Cl)c1cncc2cc(S(=O)(=O)N3CCOCC3)ccc12. The molecule has 0 saturated carbocycles. The zero-order valence-electron chi connectivity index (χ0n) is 13.1. The first-order valence-corrected chi connectivity index (χ1v) is 8.94. The molecular formula is C14H17Cl2N5O3S. The number of anilines is 1. The molecule has 0 radical (unpaired) electrons. The molecule has 1 aromatic heterocycles. The summed E-state index contributed by atoms with van der Waals surface area (Å²) < 4.78 is 33.0. The maximum Gasteiger partial charge on any atom is 0.243 e. The fourth-order valence-electron chi connectivity index (χ4n) is 2.52. The molecule has 0 spiro atoms. The average molecular weight is 406 g/mol. The minimum absolute atomic E-state index is 0. The Kier molecular flexibility index (Phi) is 6.07. The van der Waals surface area contributed by atoms with Crippen molar-refractivity contribution in [3.8, 4) is 0 Å². The highest BCUT2D eigenvalue weighted by molar-refractivity contribution is 7.89. The van der Waals surface area contributed by atoms with Gasteiger partial charge in [0.1, 0.15) is 0 Å². The molecule has 1 aliphatic rings. The zero-order chi connectivity index (χ0) is 17.3. The number of hydrogen-bond acceptors (Lipinski definition) is 5. The van der Waals surface area contributed by atoms with Gasteiger partial charge in [-0.15, -0.1) is 12.4 Å². The number of halogens is 2. The molecule has 2 aromatic rings. The first kappa shape index (κ1) is 19.7. The van der Waals surface area contributed by atoms with Crippen LogP contribution in [0.3, 0.4) is 0 Å². The molecule has 136 valence electrons. The Bertz CT molecular complexity index is 887. The molecule has 1 aliphatic heterocycles. The number of fused-ring (bicyclic) bond motifs is 1. The molecule has 11 heteroatoms. The summed E-state index contributed by atoms with van der Waals surface area (Å²) in [5, 5.41) is 8.66. The third kappa shape index (κ3) is 3.80. The van der Waals surface area contributed by atoms with Crippen LogP contribution in [0.15, 0.2) is 35.5 Å². The fourth-order valence-corrected chi connectivity index (χ4v) is 4.10. The molecule has 1 aromatic carbocycles. The number of nitrogens with one attached hydrogen (secondary N) is 1. The molecule has 1 fully saturated rings. The molecule has 2 heterocycles. The van der Waals surface area contributed by atoms with Gasteiger partial charge >= 0.3 is 0 Å². The highest BCUT2D eigenvalue weighted by atomic mass is 35.5. The van der Waals surface area contributed by atoms with Gasteiger partial charge in [-0.25, -0.2) is 12.8 Å². The number of pyridine rings is 1. The first-order valence-electron chi connectivity index (χ1n) is 7.17. The Hall–Kier alpha value is -1.65. The molecule has 0 aliphatic carbocycles. The van der Waals surface area contributed by atoms with Crippen molar-refractivity contribution in [1.82, 2.24) is 9.29 Å². The van der Waals surface area contributed by atoms with E-state index in [2.05, 4.69) is 4.98 Å². The van der Waals surface area contributed by atoms with Gasteiger partial charge in [0, 0.05) is 41.8 Å². The summed E-state index contributed by atoms with van der Waals surface area (Å²) in [5.41, 5.74) is 5.80. The molecule has 3 N–H and O–H groups in total. The Morgan fingerprint density at radius 2 is 2.00 bits per heavy atom. The molecule has 0 atom stereocenters. The number of morpholine rings is 1. The summed E-state index contributed by atoms with van der Waals surface area (Å²) in [7, 11) is -3.59. The summed E-state index contributed by atoms with van der Waals surface area (Å²) >= 11 is 5.97. The second-order valence-electron chi connectivity index (χ2n) is 5.22. The van der Waals surface area contributed by atoms with Crippen LogP contribution >= 0.6 is 24.2 Å². The van der Waals surface area contributed by atoms with Gasteiger partial charge in [0.25, 0.3) is 0 Å². The maximum atomic E-state index is 12.7. The highest BCUT2D eigenvalue weighted by Crippen LogP contribution is 2.29. The van der Waals surface area contributed by atoms with Crippen LogP contribution in [0.25, 0.3) is 10.8 Å². The molecule has 0 bridgehead atoms. The van der Waals surface area contributed by atoms with Crippen molar-refractivity contribution in [3.63, 3.8) is 0 Å². The summed E-state index contributed by atoms with van der Waals surface area (Å²) in [5.74, 6) is -0.351. The van der Waals surface area contributed by atoms with Crippen LogP contribution in [-0.2, 0) is 14.8 Å². The van der Waals surface area contributed by atoms with E-state index in [1.165, 1.54) is 16.6 Å². The lowest BCUT2D eigenvalue weighted by atomic mass is 10.1. The van der Waals surface area contributed by atoms with Crippen LogP contribution in [0.1, 0.15) is 0 Å². The number of rotatable bonds is 3. The fraction of sp³-hybridized carbons (Fsp3) is 0.286. The van der Waals surface area contributed by atoms with Gasteiger partial charge in [0.2, 0.25) is 16.0 Å². The second-order valence-corrected chi connectivity index (χ2v) is 7.50. The molecule has 3 rings (SSSR count). The Morgan fingerprint density at radius 3 is 2.64 bits per heavy atom. The van der Waals surface area contributed by atoms with E-state index in [9.17, 15) is 8.42 Å². The Morgan fingerprint density at radius 1 is 1.32 bits per heavy atom. The number of hydrogen-bond donors (Lipinski definition) is 2. The van der Waals surface area contributed by atoms with Crippen molar-refractivity contribution in [3.05, 3.63) is 30.6 Å². The van der Waals surface area contributed by atoms with Gasteiger partial charge < -0.3 is 10.5 Å². The number of guanidine groups is 1. The number of nitrogens with two attached hydrogens (primary N) is 1. The third-order valence-corrected chi connectivity index (χ3v) is 6.00. The standard InChI is InChI=1S/C14H16ClN5O3S.ClH/c15-20(14(16)17)13-9-18-8-10-7-11(1-2-12(10)13)24(21,22)19-3-5-23-6-4-19;/h1-2,7-9H,3-6H2,(H3,16,17);1H. The lowest BCUT2D eigenvalue weighted by Gasteiger charge is -2.26. The van der Waals surface area contributed by atoms with E-state index in [1.54, 1.807) is 18.3 Å². The smallest absolute Gasteiger partial charge is 0.243 e. The van der Waals surface area contributed by atoms with Crippen LogP contribution in [0.4, 0.5) is 5.69 Å². The Balaban J connectivity index is 0.00000225. The van der Waals surface area contributed by atoms with Gasteiger partial charge in [-0.2, -0.15) is 4.31 Å². The number of nitrogens with zero attached hydrogens (tertiary/aromatic N) is 3. The van der Waals surface area contributed by atoms with Gasteiger partial charge in [0.05, 0.1) is 30.0 Å². The van der Waals surface area contributed by atoms with Gasteiger partial charge in [0.15, 0.2) is 0 Å². The molecule has 0 unspecified atom stereocenters. The number of ether oxygens (including phenoxy) is 1. The topological polar surface area (TPSA) is 113 Å². The van der Waals surface area contributed by atoms with Crippen molar-refractivity contribution >= 4 is 56.6 Å². The van der Waals surface area contributed by atoms with Gasteiger partial charge in [-0.05, 0) is 12.1 Å². The van der Waals surface area contributed by atoms with Crippen LogP contribution < -0.4 is 10.2 Å². The van der Waals surface area contributed by atoms with E-state index in [-0.39, 0.29) is 23.3 Å². The summed E-state index contributed by atoms with van der Waals surface area (Å²) in [6, 6.07) is 4.70. The summed E-state index contributed by atoms with van der Waals surface area (Å²) in [6.07, 6.45) is 3.01. The van der Waals surface area contributed by atoms with E-state index >= 15 is 0 Å². The summed E-state index contributed by atoms with van der Waals surface area (Å²) in [4.78, 5) is 4.23. The second kappa shape index (κ2) is 7.71. The number of benzene rings is 1. The molecular weight excluding hydrogens is 389 g/mol. The Labute approximate surface area is 156 Å². The van der Waals surface area contributed by atoms with Crippen LogP contribution in [0.2, 0.25) is 0 Å². The molecule has 1 saturated heterocycles. The van der Waals surface area contributed by atoms with Crippen molar-refractivity contribution in [2.24, 2.45) is 5.73 Å². The lowest BCUT2D eigenvalue weighted by Crippen LogP contribution is -2.40. The average Bonchev–Trinajstić information content (AvgIpc) is 2.60.